The summed E-state index contributed by atoms with van der Waals surface area (Å²) >= 11 is 0. The number of nitrogens with one attached hydrogen (secondary N) is 2. The topological polar surface area (TPSA) is 45.0 Å². The summed E-state index contributed by atoms with van der Waals surface area (Å²) in [5.74, 6) is 1.04. The highest BCUT2D eigenvalue weighted by molar-refractivity contribution is 5.80. The molecule has 0 spiro atoms. The van der Waals surface area contributed by atoms with Crippen molar-refractivity contribution >= 4 is 11.7 Å². The van der Waals surface area contributed by atoms with Crippen LogP contribution in [0.2, 0.25) is 0 Å². The Hall–Kier alpha value is -0.850. The van der Waals surface area contributed by atoms with Gasteiger partial charge in [0.2, 0.25) is 0 Å². The van der Waals surface area contributed by atoms with E-state index in [4.69, 9.17) is 0 Å². The van der Waals surface area contributed by atoms with Gasteiger partial charge in [-0.3, -0.25) is 10.1 Å². The zero-order valence-electron chi connectivity index (χ0n) is 11.4. The molecule has 1 aromatic rings. The Balaban J connectivity index is 0.00000180. The molecule has 0 aliphatic heterocycles. The van der Waals surface area contributed by atoms with Gasteiger partial charge in [0.05, 0.1) is 13.2 Å². The van der Waals surface area contributed by atoms with E-state index in [1.165, 1.54) is 19.3 Å². The Kier molecular flexibility index (Phi) is 7.12. The number of carbonyl (C=O) groups excluding carboxylic acids is 1. The molecule has 1 aromatic heterocycles. The first-order valence-corrected chi connectivity index (χ1v) is 6.73. The number of carbonyl (C=O) groups is 1. The maximum Gasteiger partial charge on any atom is 0.274 e. The fourth-order valence-corrected chi connectivity index (χ4v) is 2.40. The molecule has 1 aliphatic rings. The lowest BCUT2D eigenvalue weighted by Gasteiger charge is -2.22. The molecular weight excluding hydrogens is 353 g/mol. The minimum absolute atomic E-state index is 0. The number of amides is 1. The van der Waals surface area contributed by atoms with Crippen LogP contribution in [0.3, 0.4) is 0 Å². The van der Waals surface area contributed by atoms with Gasteiger partial charge in [-0.25, -0.2) is 4.57 Å². The Morgan fingerprint density at radius 1 is 1.32 bits per heavy atom. The summed E-state index contributed by atoms with van der Waals surface area (Å²) < 4.78 is 1.97. The van der Waals surface area contributed by atoms with Crippen molar-refractivity contribution in [3.05, 3.63) is 24.4 Å². The monoisotopic (exact) mass is 375 g/mol. The third kappa shape index (κ3) is 5.34. The molecule has 4 nitrogen and oxygen atoms in total. The highest BCUT2D eigenvalue weighted by Crippen LogP contribution is 2.17. The fraction of sp³-hybridized carbons (Fsp3) is 0.571. The summed E-state index contributed by atoms with van der Waals surface area (Å²) in [6, 6.07) is 6.28. The molecule has 1 amide bonds. The standard InChI is InChI=1S/C14H21N3O.HI/c1-17-10-6-5-9-13(17)15-11-14(18)16-12-7-3-2-4-8-12;/h5-6,9-10,12H,2-4,7-8,11H2,1H3,(H,16,18);1H. The molecule has 0 aromatic carbocycles. The van der Waals surface area contributed by atoms with Crippen molar-refractivity contribution in [1.29, 1.82) is 0 Å². The predicted molar refractivity (Wildman–Crippen MR) is 71.1 cm³/mol. The summed E-state index contributed by atoms with van der Waals surface area (Å²) in [5.41, 5.74) is 0. The van der Waals surface area contributed by atoms with Crippen LogP contribution in [-0.2, 0) is 11.8 Å². The average molecular weight is 375 g/mol. The van der Waals surface area contributed by atoms with Crippen LogP contribution >= 0.6 is 0 Å². The Labute approximate surface area is 132 Å². The van der Waals surface area contributed by atoms with Crippen molar-refractivity contribution in [2.75, 3.05) is 11.9 Å². The van der Waals surface area contributed by atoms with E-state index in [-0.39, 0.29) is 29.9 Å². The third-order valence-corrected chi connectivity index (χ3v) is 3.46. The first kappa shape index (κ1) is 16.2. The van der Waals surface area contributed by atoms with E-state index >= 15 is 0 Å². The van der Waals surface area contributed by atoms with Gasteiger partial charge in [0, 0.05) is 12.1 Å². The van der Waals surface area contributed by atoms with Crippen LogP contribution < -0.4 is 39.2 Å². The van der Waals surface area contributed by atoms with Crippen molar-refractivity contribution in [2.45, 2.75) is 38.1 Å². The van der Waals surface area contributed by atoms with Crippen molar-refractivity contribution in [2.24, 2.45) is 7.05 Å². The van der Waals surface area contributed by atoms with Crippen molar-refractivity contribution < 1.29 is 33.3 Å². The molecule has 1 heterocycles. The number of halogens is 1. The Morgan fingerprint density at radius 2 is 2.05 bits per heavy atom. The number of hydrogen-bond donors (Lipinski definition) is 2. The van der Waals surface area contributed by atoms with E-state index in [1.54, 1.807) is 0 Å². The molecular formula is C14H22IN3O. The summed E-state index contributed by atoms with van der Waals surface area (Å²) in [7, 11) is 1.96. The van der Waals surface area contributed by atoms with Gasteiger partial charge in [0.15, 0.2) is 6.54 Å². The normalized spacial score (nSPS) is 15.4. The predicted octanol–water partition coefficient (Wildman–Crippen LogP) is -1.62. The molecule has 106 valence electrons. The van der Waals surface area contributed by atoms with Gasteiger partial charge in [-0.1, -0.05) is 25.3 Å². The van der Waals surface area contributed by atoms with E-state index < -0.39 is 0 Å². The molecule has 5 heteroatoms. The number of aromatic nitrogens is 1. The van der Waals surface area contributed by atoms with Crippen LogP contribution in [-0.4, -0.2) is 18.5 Å². The molecule has 0 bridgehead atoms. The van der Waals surface area contributed by atoms with Gasteiger partial charge in [0.1, 0.15) is 0 Å². The highest BCUT2D eigenvalue weighted by Gasteiger charge is 2.16. The molecule has 0 unspecified atom stereocenters. The summed E-state index contributed by atoms with van der Waals surface area (Å²) in [4.78, 5) is 11.8. The second kappa shape index (κ2) is 8.35. The lowest BCUT2D eigenvalue weighted by atomic mass is 9.95. The average Bonchev–Trinajstić information content (AvgIpc) is 2.39. The molecule has 19 heavy (non-hydrogen) atoms. The number of aryl methyl sites for hydroxylation is 1. The largest absolute Gasteiger partial charge is 1.00 e. The second-order valence-electron chi connectivity index (χ2n) is 4.95. The van der Waals surface area contributed by atoms with Gasteiger partial charge >= 0.3 is 0 Å². The molecule has 1 fully saturated rings. The molecule has 0 saturated heterocycles. The lowest BCUT2D eigenvalue weighted by molar-refractivity contribution is -0.657. The quantitative estimate of drug-likeness (QED) is 0.491. The Bertz CT molecular complexity index is 405. The van der Waals surface area contributed by atoms with E-state index in [0.29, 0.717) is 12.6 Å². The smallest absolute Gasteiger partial charge is 0.274 e. The van der Waals surface area contributed by atoms with Crippen molar-refractivity contribution in [3.63, 3.8) is 0 Å². The van der Waals surface area contributed by atoms with Crippen LogP contribution in [0.4, 0.5) is 5.82 Å². The second-order valence-corrected chi connectivity index (χ2v) is 4.95. The molecule has 0 radical (unpaired) electrons. The SMILES string of the molecule is C[n+]1ccccc1NCC(=O)NC1CCCCC1.[I-]. The highest BCUT2D eigenvalue weighted by atomic mass is 127. The number of rotatable bonds is 4. The molecule has 2 N–H and O–H groups in total. The van der Waals surface area contributed by atoms with Crippen molar-refractivity contribution in [1.82, 2.24) is 5.32 Å². The molecule has 1 saturated carbocycles. The van der Waals surface area contributed by atoms with E-state index in [1.807, 2.05) is 36.0 Å². The lowest BCUT2D eigenvalue weighted by Crippen LogP contribution is -3.00. The number of pyridine rings is 1. The van der Waals surface area contributed by atoms with Gasteiger partial charge in [-0.15, -0.1) is 0 Å². The van der Waals surface area contributed by atoms with Crippen LogP contribution in [0.15, 0.2) is 24.4 Å². The maximum atomic E-state index is 11.8. The number of anilines is 1. The fourth-order valence-electron chi connectivity index (χ4n) is 2.40. The van der Waals surface area contributed by atoms with Gasteiger partial charge in [0.25, 0.3) is 11.7 Å². The van der Waals surface area contributed by atoms with E-state index in [2.05, 4.69) is 10.6 Å². The van der Waals surface area contributed by atoms with Crippen LogP contribution in [0.25, 0.3) is 0 Å². The first-order valence-electron chi connectivity index (χ1n) is 6.73. The number of nitrogens with zero attached hydrogens (tertiary/aromatic N) is 1. The van der Waals surface area contributed by atoms with Crippen LogP contribution in [0, 0.1) is 0 Å². The molecule has 0 atom stereocenters. The van der Waals surface area contributed by atoms with Crippen molar-refractivity contribution in [3.8, 4) is 0 Å². The number of hydrogen-bond acceptors (Lipinski definition) is 2. The Morgan fingerprint density at radius 3 is 2.74 bits per heavy atom. The van der Waals surface area contributed by atoms with E-state index in [9.17, 15) is 4.79 Å². The molecule has 1 aliphatic carbocycles. The van der Waals surface area contributed by atoms with E-state index in [0.717, 1.165) is 18.7 Å². The summed E-state index contributed by atoms with van der Waals surface area (Å²) in [5, 5.41) is 6.25. The van der Waals surface area contributed by atoms with Crippen LogP contribution in [0.5, 0.6) is 0 Å². The minimum atomic E-state index is 0. The zero-order valence-corrected chi connectivity index (χ0v) is 13.5. The third-order valence-electron chi connectivity index (χ3n) is 3.46. The maximum absolute atomic E-state index is 11.8. The zero-order chi connectivity index (χ0) is 12.8. The van der Waals surface area contributed by atoms with Crippen LogP contribution in [0.1, 0.15) is 32.1 Å². The summed E-state index contributed by atoms with van der Waals surface area (Å²) in [6.07, 6.45) is 8.01. The van der Waals surface area contributed by atoms with Gasteiger partial charge < -0.3 is 29.3 Å². The molecule has 2 rings (SSSR count). The van der Waals surface area contributed by atoms with Gasteiger partial charge in [-0.05, 0) is 18.9 Å². The summed E-state index contributed by atoms with van der Waals surface area (Å²) in [6.45, 7) is 0.342. The first-order chi connectivity index (χ1) is 8.75. The van der Waals surface area contributed by atoms with Gasteiger partial charge in [-0.2, -0.15) is 0 Å². The minimum Gasteiger partial charge on any atom is -1.00 e.